The molecule has 0 saturated carbocycles. The number of carbonyl (C=O) groups excluding carboxylic acids is 1. The molecule has 0 unspecified atom stereocenters. The van der Waals surface area contributed by atoms with Crippen molar-refractivity contribution in [1.82, 2.24) is 39.3 Å². The molecule has 61 heavy (non-hydrogen) atoms. The van der Waals surface area contributed by atoms with Crippen molar-refractivity contribution in [1.29, 1.82) is 0 Å². The van der Waals surface area contributed by atoms with Crippen LogP contribution in [-0.4, -0.2) is 111 Å². The number of benzene rings is 3. The molecule has 0 atom stereocenters. The van der Waals surface area contributed by atoms with E-state index in [4.69, 9.17) is 43.0 Å². The van der Waals surface area contributed by atoms with Crippen LogP contribution < -0.4 is 30.1 Å². The van der Waals surface area contributed by atoms with Crippen molar-refractivity contribution in [2.24, 2.45) is 0 Å². The first kappa shape index (κ1) is 46.6. The Labute approximate surface area is 357 Å². The van der Waals surface area contributed by atoms with E-state index in [1.807, 2.05) is 0 Å². The van der Waals surface area contributed by atoms with Gasteiger partial charge >= 0.3 is 0 Å². The third kappa shape index (κ3) is 12.6. The van der Waals surface area contributed by atoms with Gasteiger partial charge in [-0.1, -0.05) is 28.4 Å². The Hall–Kier alpha value is -5.45. The van der Waals surface area contributed by atoms with E-state index in [-0.39, 0.29) is 87.6 Å². The summed E-state index contributed by atoms with van der Waals surface area (Å²) in [5, 5.41) is 39.2. The Morgan fingerprint density at radius 2 is 0.934 bits per heavy atom. The van der Waals surface area contributed by atoms with Crippen molar-refractivity contribution in [2.75, 3.05) is 55.4 Å². The largest absolute Gasteiger partial charge is 0.395 e. The Balaban J connectivity index is 0.000000254. The summed E-state index contributed by atoms with van der Waals surface area (Å²) in [5.74, 6) is 0.521. The number of hydrogen-bond acceptors (Lipinski definition) is 19. The first-order valence-corrected chi connectivity index (χ1v) is 22.5. The topological polar surface area (TPSA) is 330 Å². The van der Waals surface area contributed by atoms with Gasteiger partial charge in [0.2, 0.25) is 42.0 Å². The normalized spacial score (nSPS) is 11.8. The van der Waals surface area contributed by atoms with Crippen LogP contribution in [0.25, 0.3) is 11.1 Å². The predicted octanol–water partition coefficient (Wildman–Crippen LogP) is 2.26. The van der Waals surface area contributed by atoms with E-state index in [1.165, 1.54) is 66.9 Å². The molecule has 6 aromatic rings. The summed E-state index contributed by atoms with van der Waals surface area (Å²) in [5.41, 5.74) is 1.68. The van der Waals surface area contributed by atoms with Crippen LogP contribution in [0.4, 0.5) is 34.8 Å². The second-order valence-electron chi connectivity index (χ2n) is 11.9. The number of halogens is 2. The SMILES string of the molecule is O=Cc1c(Cl)nc(Nc2ccc(S(=O)(=O)NCCO)cc2)nc1Cl.O=S(=O)(NCCO)c1ccc(Nc2nc(Nc3ccc(S(=O)(=O)NCCO)cc3)c3cnoc3n2)cc1. The van der Waals surface area contributed by atoms with Gasteiger partial charge < -0.3 is 35.8 Å². The lowest BCUT2D eigenvalue weighted by molar-refractivity contribution is 0.112. The summed E-state index contributed by atoms with van der Waals surface area (Å²) in [6, 6.07) is 17.4. The lowest BCUT2D eigenvalue weighted by Gasteiger charge is -2.11. The predicted molar refractivity (Wildman–Crippen MR) is 223 cm³/mol. The maximum Gasteiger partial charge on any atom is 0.264 e. The van der Waals surface area contributed by atoms with Crippen LogP contribution in [0.1, 0.15) is 10.4 Å². The Morgan fingerprint density at radius 3 is 1.31 bits per heavy atom. The maximum atomic E-state index is 12.2. The van der Waals surface area contributed by atoms with Crippen molar-refractivity contribution < 1.29 is 49.9 Å². The Morgan fingerprint density at radius 1 is 0.557 bits per heavy atom. The summed E-state index contributed by atoms with van der Waals surface area (Å²) in [4.78, 5) is 27.3. The van der Waals surface area contributed by atoms with Gasteiger partial charge in [0.05, 0.1) is 46.3 Å². The molecule has 22 nitrogen and oxygen atoms in total. The second kappa shape index (κ2) is 20.9. The quantitative estimate of drug-likeness (QED) is 0.0415. The number of hydrogen-bond donors (Lipinski definition) is 9. The van der Waals surface area contributed by atoms with Crippen LogP contribution in [0.2, 0.25) is 10.3 Å². The van der Waals surface area contributed by atoms with Crippen LogP contribution in [0, 0.1) is 0 Å². The highest BCUT2D eigenvalue weighted by atomic mass is 35.5. The zero-order valence-electron chi connectivity index (χ0n) is 31.1. The molecule has 0 amide bonds. The molecule has 0 aliphatic heterocycles. The fourth-order valence-electron chi connectivity index (χ4n) is 4.82. The molecule has 0 saturated heterocycles. The standard InChI is InChI=1S/C21H23N7O7S2.C13H12Cl2N4O4S/c29-11-9-23-36(31,32)16-5-1-14(2-6-16)25-19-18-13-22-35-20(18)28-21(27-19)26-15-3-7-17(8-4-15)37(33,34)24-10-12-30;14-11-10(7-21)12(15)19-13(18-11)17-8-1-3-9(4-2-8)24(22,23)16-5-6-20/h1-8,13,23-24,29-30H,9-12H2,(H2,25,26,27,28);1-4,7,16,20H,5-6H2,(H,17,18,19). The summed E-state index contributed by atoms with van der Waals surface area (Å²) in [6.45, 7) is -1.19. The van der Waals surface area contributed by atoms with E-state index < -0.39 is 30.1 Å². The molecule has 3 aromatic carbocycles. The summed E-state index contributed by atoms with van der Waals surface area (Å²) < 4.78 is 84.5. The number of nitrogens with one attached hydrogen (secondary N) is 6. The van der Waals surface area contributed by atoms with Gasteiger partial charge in [0.1, 0.15) is 21.5 Å². The molecule has 3 heterocycles. The number of aliphatic hydroxyl groups is 3. The minimum Gasteiger partial charge on any atom is -0.395 e. The molecule has 0 aliphatic carbocycles. The zero-order valence-corrected chi connectivity index (χ0v) is 35.1. The van der Waals surface area contributed by atoms with E-state index in [0.29, 0.717) is 34.6 Å². The first-order chi connectivity index (χ1) is 29.1. The van der Waals surface area contributed by atoms with Gasteiger partial charge in [0.25, 0.3) is 5.71 Å². The molecule has 27 heteroatoms. The van der Waals surface area contributed by atoms with E-state index in [0.717, 1.165) is 0 Å². The molecule has 6 rings (SSSR count). The molecule has 0 bridgehead atoms. The van der Waals surface area contributed by atoms with E-state index in [2.05, 4.69) is 55.2 Å². The summed E-state index contributed by atoms with van der Waals surface area (Å²) >= 11 is 11.6. The number of aromatic nitrogens is 5. The second-order valence-corrected chi connectivity index (χ2v) is 17.9. The third-order valence-corrected chi connectivity index (χ3v) is 12.7. The fourth-order valence-corrected chi connectivity index (χ4v) is 8.36. The van der Waals surface area contributed by atoms with Crippen molar-refractivity contribution >= 4 is 105 Å². The number of carbonyl (C=O) groups is 1. The van der Waals surface area contributed by atoms with Gasteiger partial charge in [0, 0.05) is 36.7 Å². The van der Waals surface area contributed by atoms with Gasteiger partial charge in [-0.15, -0.1) is 0 Å². The van der Waals surface area contributed by atoms with E-state index in [1.54, 1.807) is 12.1 Å². The lowest BCUT2D eigenvalue weighted by atomic mass is 10.3. The number of aldehydes is 1. The highest BCUT2D eigenvalue weighted by Crippen LogP contribution is 2.28. The average molecular weight is 941 g/mol. The third-order valence-electron chi connectivity index (χ3n) is 7.68. The molecule has 0 aliphatic rings. The van der Waals surface area contributed by atoms with Crippen LogP contribution in [0.3, 0.4) is 0 Å². The van der Waals surface area contributed by atoms with Gasteiger partial charge in [-0.3, -0.25) is 4.79 Å². The number of rotatable bonds is 19. The van der Waals surface area contributed by atoms with Crippen molar-refractivity contribution in [3.63, 3.8) is 0 Å². The fraction of sp³-hybridized carbons (Fsp3) is 0.176. The first-order valence-electron chi connectivity index (χ1n) is 17.3. The minimum absolute atomic E-state index is 0.0136. The van der Waals surface area contributed by atoms with E-state index >= 15 is 0 Å². The lowest BCUT2D eigenvalue weighted by Crippen LogP contribution is -2.26. The highest BCUT2D eigenvalue weighted by molar-refractivity contribution is 7.90. The van der Waals surface area contributed by atoms with Gasteiger partial charge in [0.15, 0.2) is 6.29 Å². The van der Waals surface area contributed by atoms with Crippen LogP contribution in [-0.2, 0) is 30.1 Å². The number of sulfonamides is 3. The minimum atomic E-state index is -3.75. The van der Waals surface area contributed by atoms with Gasteiger partial charge in [-0.05, 0) is 72.8 Å². The number of fused-ring (bicyclic) bond motifs is 1. The van der Waals surface area contributed by atoms with Gasteiger partial charge in [-0.2, -0.15) is 19.9 Å². The molecule has 324 valence electrons. The van der Waals surface area contributed by atoms with Crippen LogP contribution in [0.15, 0.2) is 98.2 Å². The van der Waals surface area contributed by atoms with Crippen LogP contribution in [0.5, 0.6) is 0 Å². The van der Waals surface area contributed by atoms with Crippen molar-refractivity contribution in [3.8, 4) is 0 Å². The molecule has 0 radical (unpaired) electrons. The van der Waals surface area contributed by atoms with Crippen molar-refractivity contribution in [2.45, 2.75) is 14.7 Å². The van der Waals surface area contributed by atoms with Crippen molar-refractivity contribution in [3.05, 3.63) is 94.9 Å². The molecule has 9 N–H and O–H groups in total. The van der Waals surface area contributed by atoms with Gasteiger partial charge in [-0.25, -0.2) is 39.4 Å². The highest BCUT2D eigenvalue weighted by Gasteiger charge is 2.18. The summed E-state index contributed by atoms with van der Waals surface area (Å²) in [7, 11) is -11.2. The zero-order chi connectivity index (χ0) is 44.2. The average Bonchev–Trinajstić information content (AvgIpc) is 3.72. The monoisotopic (exact) mass is 939 g/mol. The molecular formula is C34H35Cl2N11O11S3. The number of aliphatic hydroxyl groups excluding tert-OH is 3. The van der Waals surface area contributed by atoms with Crippen LogP contribution >= 0.6 is 23.2 Å². The Bertz CT molecular complexity index is 2760. The summed E-state index contributed by atoms with van der Waals surface area (Å²) in [6.07, 6.45) is 1.88. The molecular weight excluding hydrogens is 906 g/mol. The van der Waals surface area contributed by atoms with E-state index in [9.17, 15) is 30.0 Å². The number of anilines is 6. The molecule has 0 fully saturated rings. The smallest absolute Gasteiger partial charge is 0.264 e. The molecule has 0 spiro atoms. The maximum absolute atomic E-state index is 12.2. The number of nitrogens with zero attached hydrogens (tertiary/aromatic N) is 5. The Kier molecular flexibility index (Phi) is 16.0. The molecule has 3 aromatic heterocycles.